The van der Waals surface area contributed by atoms with Gasteiger partial charge in [0.1, 0.15) is 4.92 Å². The number of hydrogen-bond donors (Lipinski definition) is 1. The van der Waals surface area contributed by atoms with Crippen LogP contribution in [-0.4, -0.2) is 34.9 Å². The van der Waals surface area contributed by atoms with E-state index in [9.17, 15) is 14.9 Å². The number of nitrogens with zero attached hydrogens (tertiary/aromatic N) is 2. The first-order chi connectivity index (χ1) is 8.63. The molecule has 1 fully saturated rings. The van der Waals surface area contributed by atoms with E-state index in [1.165, 1.54) is 12.1 Å². The maximum atomic E-state index is 12.2. The first-order valence-electron chi connectivity index (χ1n) is 5.88. The van der Waals surface area contributed by atoms with Crippen LogP contribution in [0.3, 0.4) is 0 Å². The molecule has 0 bridgehead atoms. The van der Waals surface area contributed by atoms with E-state index in [0.717, 1.165) is 19.3 Å². The Bertz CT molecular complexity index is 463. The summed E-state index contributed by atoms with van der Waals surface area (Å²) in [6.45, 7) is 1.02. The molecule has 0 saturated carbocycles. The first-order valence-corrected chi connectivity index (χ1v) is 5.88. The van der Waals surface area contributed by atoms with Crippen molar-refractivity contribution >= 4 is 24.2 Å². The zero-order valence-electron chi connectivity index (χ0n) is 10.3. The summed E-state index contributed by atoms with van der Waals surface area (Å²) in [5.74, 6) is -0.736. The van der Waals surface area contributed by atoms with E-state index in [1.807, 2.05) is 0 Å². The number of nitro groups is 1. The molecule has 1 aliphatic rings. The minimum atomic E-state index is -0.659. The summed E-state index contributed by atoms with van der Waals surface area (Å²) >= 11 is 0. The molecule has 8 heteroatoms. The Morgan fingerprint density at radius 2 is 2.26 bits per heavy atom. The van der Waals surface area contributed by atoms with Crippen LogP contribution in [0.1, 0.15) is 29.8 Å². The van der Waals surface area contributed by atoms with Gasteiger partial charge in [0.25, 0.3) is 5.91 Å². The molecule has 2 N–H and O–H groups in total. The molecule has 0 radical (unpaired) electrons. The predicted octanol–water partition coefficient (Wildman–Crippen LogP) is 1.56. The Morgan fingerprint density at radius 1 is 1.53 bits per heavy atom. The summed E-state index contributed by atoms with van der Waals surface area (Å²) in [5, 5.41) is 10.5. The van der Waals surface area contributed by atoms with Crippen molar-refractivity contribution in [1.82, 2.24) is 4.90 Å². The minimum absolute atomic E-state index is 0. The molecule has 106 valence electrons. The van der Waals surface area contributed by atoms with Crippen LogP contribution < -0.4 is 5.73 Å². The smallest absolute Gasteiger partial charge is 0.395 e. The Morgan fingerprint density at radius 3 is 2.84 bits per heavy atom. The predicted molar refractivity (Wildman–Crippen MR) is 70.3 cm³/mol. The van der Waals surface area contributed by atoms with Gasteiger partial charge in [-0.3, -0.25) is 14.9 Å². The SMILES string of the molecule is Cl.NCC1CCCCN1C(=O)c1ccc([N+](=O)[O-])o1. The van der Waals surface area contributed by atoms with Crippen molar-refractivity contribution in [2.75, 3.05) is 13.1 Å². The van der Waals surface area contributed by atoms with Gasteiger partial charge in [-0.05, 0) is 25.3 Å². The third-order valence-corrected chi connectivity index (χ3v) is 3.14. The normalized spacial score (nSPS) is 18.8. The Balaban J connectivity index is 0.00000180. The summed E-state index contributed by atoms with van der Waals surface area (Å²) in [4.78, 5) is 23.6. The van der Waals surface area contributed by atoms with Crippen LogP contribution in [-0.2, 0) is 0 Å². The number of hydrogen-bond acceptors (Lipinski definition) is 5. The number of halogens is 1. The quantitative estimate of drug-likeness (QED) is 0.672. The number of rotatable bonds is 3. The second-order valence-electron chi connectivity index (χ2n) is 4.28. The molecule has 2 heterocycles. The van der Waals surface area contributed by atoms with Gasteiger partial charge in [-0.2, -0.15) is 0 Å². The highest BCUT2D eigenvalue weighted by Gasteiger charge is 2.29. The summed E-state index contributed by atoms with van der Waals surface area (Å²) in [5.41, 5.74) is 5.63. The van der Waals surface area contributed by atoms with E-state index in [1.54, 1.807) is 4.90 Å². The summed E-state index contributed by atoms with van der Waals surface area (Å²) in [6.07, 6.45) is 2.83. The Kier molecular flexibility index (Phi) is 5.31. The number of furan rings is 1. The largest absolute Gasteiger partial charge is 0.433 e. The number of carbonyl (C=O) groups excluding carboxylic acids is 1. The van der Waals surface area contributed by atoms with Crippen molar-refractivity contribution in [2.45, 2.75) is 25.3 Å². The molecule has 2 rings (SSSR count). The average molecular weight is 290 g/mol. The summed E-state index contributed by atoms with van der Waals surface area (Å²) < 4.78 is 4.92. The van der Waals surface area contributed by atoms with E-state index in [0.29, 0.717) is 13.1 Å². The van der Waals surface area contributed by atoms with E-state index in [4.69, 9.17) is 10.2 Å². The Labute approximate surface area is 116 Å². The number of piperidine rings is 1. The molecular formula is C11H16ClN3O4. The van der Waals surface area contributed by atoms with Crippen LogP contribution in [0, 0.1) is 10.1 Å². The number of amides is 1. The molecule has 0 spiro atoms. The van der Waals surface area contributed by atoms with Gasteiger partial charge in [0.2, 0.25) is 0 Å². The second-order valence-corrected chi connectivity index (χ2v) is 4.28. The Hall–Kier alpha value is -1.60. The third-order valence-electron chi connectivity index (χ3n) is 3.14. The molecule has 1 unspecified atom stereocenters. The van der Waals surface area contributed by atoms with Crippen LogP contribution >= 0.6 is 12.4 Å². The lowest BCUT2D eigenvalue weighted by atomic mass is 10.0. The number of nitrogens with two attached hydrogens (primary N) is 1. The lowest BCUT2D eigenvalue weighted by Gasteiger charge is -2.34. The van der Waals surface area contributed by atoms with Gasteiger partial charge in [-0.1, -0.05) is 0 Å². The summed E-state index contributed by atoms with van der Waals surface area (Å²) in [6, 6.07) is 2.52. The molecular weight excluding hydrogens is 274 g/mol. The molecule has 1 aromatic heterocycles. The molecule has 1 atom stereocenters. The second kappa shape index (κ2) is 6.53. The lowest BCUT2D eigenvalue weighted by Crippen LogP contribution is -2.47. The van der Waals surface area contributed by atoms with Gasteiger partial charge in [-0.25, -0.2) is 0 Å². The van der Waals surface area contributed by atoms with Crippen LogP contribution in [0.5, 0.6) is 0 Å². The zero-order chi connectivity index (χ0) is 13.1. The van der Waals surface area contributed by atoms with Crippen molar-refractivity contribution in [1.29, 1.82) is 0 Å². The molecule has 1 saturated heterocycles. The van der Waals surface area contributed by atoms with Crippen LogP contribution in [0.4, 0.5) is 5.88 Å². The summed E-state index contributed by atoms with van der Waals surface area (Å²) in [7, 11) is 0. The molecule has 1 amide bonds. The van der Waals surface area contributed by atoms with Crippen LogP contribution in [0.2, 0.25) is 0 Å². The first kappa shape index (κ1) is 15.5. The number of carbonyl (C=O) groups is 1. The molecule has 0 aromatic carbocycles. The average Bonchev–Trinajstić information content (AvgIpc) is 2.87. The van der Waals surface area contributed by atoms with Gasteiger partial charge in [-0.15, -0.1) is 12.4 Å². The van der Waals surface area contributed by atoms with Crippen LogP contribution in [0.15, 0.2) is 16.5 Å². The standard InChI is InChI=1S/C11H15N3O4.ClH/c12-7-8-3-1-2-6-13(8)11(15)9-4-5-10(18-9)14(16)17;/h4-5,8H,1-3,6-7,12H2;1H. The fraction of sp³-hybridized carbons (Fsp3) is 0.545. The van der Waals surface area contributed by atoms with Crippen molar-refractivity contribution in [3.05, 3.63) is 28.0 Å². The third kappa shape index (κ3) is 3.24. The molecule has 1 aliphatic heterocycles. The zero-order valence-corrected chi connectivity index (χ0v) is 11.1. The topological polar surface area (TPSA) is 103 Å². The van der Waals surface area contributed by atoms with Gasteiger partial charge >= 0.3 is 5.88 Å². The number of likely N-dealkylation sites (tertiary alicyclic amines) is 1. The van der Waals surface area contributed by atoms with Crippen molar-refractivity contribution in [2.24, 2.45) is 5.73 Å². The fourth-order valence-corrected chi connectivity index (χ4v) is 2.20. The highest BCUT2D eigenvalue weighted by Crippen LogP contribution is 2.22. The molecule has 19 heavy (non-hydrogen) atoms. The lowest BCUT2D eigenvalue weighted by molar-refractivity contribution is -0.402. The van der Waals surface area contributed by atoms with E-state index in [2.05, 4.69) is 0 Å². The van der Waals surface area contributed by atoms with Crippen molar-refractivity contribution in [3.63, 3.8) is 0 Å². The van der Waals surface area contributed by atoms with E-state index >= 15 is 0 Å². The van der Waals surface area contributed by atoms with Gasteiger partial charge in [0.15, 0.2) is 5.76 Å². The molecule has 1 aromatic rings. The van der Waals surface area contributed by atoms with Crippen molar-refractivity contribution < 1.29 is 14.1 Å². The van der Waals surface area contributed by atoms with E-state index in [-0.39, 0.29) is 30.1 Å². The van der Waals surface area contributed by atoms with Gasteiger partial charge < -0.3 is 15.1 Å². The van der Waals surface area contributed by atoms with Crippen LogP contribution in [0.25, 0.3) is 0 Å². The van der Waals surface area contributed by atoms with Gasteiger partial charge in [0, 0.05) is 19.1 Å². The minimum Gasteiger partial charge on any atom is -0.395 e. The molecule has 0 aliphatic carbocycles. The van der Waals surface area contributed by atoms with E-state index < -0.39 is 10.8 Å². The monoisotopic (exact) mass is 289 g/mol. The maximum Gasteiger partial charge on any atom is 0.433 e. The maximum absolute atomic E-state index is 12.2. The highest BCUT2D eigenvalue weighted by atomic mass is 35.5. The fourth-order valence-electron chi connectivity index (χ4n) is 2.20. The van der Waals surface area contributed by atoms with Gasteiger partial charge in [0.05, 0.1) is 6.07 Å². The molecule has 7 nitrogen and oxygen atoms in total. The van der Waals surface area contributed by atoms with Crippen molar-refractivity contribution in [3.8, 4) is 0 Å². The highest BCUT2D eigenvalue weighted by molar-refractivity contribution is 5.92.